The Bertz CT molecular complexity index is 305. The first-order valence-electron chi connectivity index (χ1n) is 6.43. The summed E-state index contributed by atoms with van der Waals surface area (Å²) in [7, 11) is 0. The van der Waals surface area contributed by atoms with Crippen LogP contribution in [0.2, 0.25) is 0 Å². The summed E-state index contributed by atoms with van der Waals surface area (Å²) in [4.78, 5) is 24.2. The molecule has 102 valence electrons. The molecule has 1 fully saturated rings. The van der Waals surface area contributed by atoms with Crippen molar-refractivity contribution in [2.75, 3.05) is 26.2 Å². The third kappa shape index (κ3) is 5.82. The molecule has 0 spiro atoms. The number of likely N-dealkylation sites (tertiary alicyclic amines) is 1. The van der Waals surface area contributed by atoms with E-state index in [4.69, 9.17) is 5.11 Å². The van der Waals surface area contributed by atoms with Crippen molar-refractivity contribution in [2.45, 2.75) is 25.7 Å². The number of piperidine rings is 1. The fraction of sp³-hybridized carbons (Fsp3) is 0.692. The quantitative estimate of drug-likeness (QED) is 0.661. The minimum absolute atomic E-state index is 0.00813. The largest absolute Gasteiger partial charge is 0.481 e. The summed E-state index contributed by atoms with van der Waals surface area (Å²) >= 11 is 0. The summed E-state index contributed by atoms with van der Waals surface area (Å²) in [6.45, 7) is 6.19. The molecule has 0 radical (unpaired) electrons. The average Bonchev–Trinajstić information content (AvgIpc) is 2.34. The number of aliphatic carboxylic acids is 1. The van der Waals surface area contributed by atoms with Gasteiger partial charge in [0, 0.05) is 19.5 Å². The van der Waals surface area contributed by atoms with Crippen LogP contribution in [0.4, 0.5) is 0 Å². The lowest BCUT2D eigenvalue weighted by Gasteiger charge is -2.31. The normalized spacial score (nSPS) is 20.3. The number of hydrogen-bond acceptors (Lipinski definition) is 3. The maximum Gasteiger partial charge on any atom is 0.303 e. The van der Waals surface area contributed by atoms with Crippen molar-refractivity contribution in [1.82, 2.24) is 10.2 Å². The molecule has 1 atom stereocenters. The first kappa shape index (κ1) is 14.7. The maximum atomic E-state index is 11.5. The third-order valence-electron chi connectivity index (χ3n) is 3.18. The Morgan fingerprint density at radius 3 is 2.94 bits per heavy atom. The third-order valence-corrected chi connectivity index (χ3v) is 3.18. The van der Waals surface area contributed by atoms with E-state index in [2.05, 4.69) is 16.8 Å². The van der Waals surface area contributed by atoms with E-state index < -0.39 is 5.97 Å². The highest BCUT2D eigenvalue weighted by atomic mass is 16.4. The summed E-state index contributed by atoms with van der Waals surface area (Å²) in [5.41, 5.74) is 0. The number of carboxylic acid groups (broad SMARTS) is 1. The van der Waals surface area contributed by atoms with Gasteiger partial charge in [0.1, 0.15) is 0 Å². The Morgan fingerprint density at radius 2 is 2.28 bits per heavy atom. The van der Waals surface area contributed by atoms with Crippen LogP contribution in [0.15, 0.2) is 12.7 Å². The molecule has 0 aromatic rings. The van der Waals surface area contributed by atoms with E-state index in [1.165, 1.54) is 0 Å². The van der Waals surface area contributed by atoms with E-state index in [1.807, 2.05) is 0 Å². The van der Waals surface area contributed by atoms with Gasteiger partial charge in [0.25, 0.3) is 0 Å². The summed E-state index contributed by atoms with van der Waals surface area (Å²) in [5.74, 6) is -0.327. The van der Waals surface area contributed by atoms with E-state index in [-0.39, 0.29) is 12.3 Å². The molecular formula is C13H22N2O3. The van der Waals surface area contributed by atoms with Crippen molar-refractivity contribution in [1.29, 1.82) is 0 Å². The molecule has 2 N–H and O–H groups in total. The zero-order valence-electron chi connectivity index (χ0n) is 10.7. The standard InChI is InChI=1S/C13H22N2O3/c1-2-7-14-12(16)10-15-8-3-4-11(9-15)5-6-13(17)18/h2,11H,1,3-10H2,(H,14,16)(H,17,18). The molecule has 1 saturated heterocycles. The number of carbonyl (C=O) groups is 2. The summed E-state index contributed by atoms with van der Waals surface area (Å²) < 4.78 is 0. The minimum Gasteiger partial charge on any atom is -0.481 e. The predicted octanol–water partition coefficient (Wildman–Crippen LogP) is 0.865. The lowest BCUT2D eigenvalue weighted by molar-refractivity contribution is -0.137. The highest BCUT2D eigenvalue weighted by Crippen LogP contribution is 2.20. The van der Waals surface area contributed by atoms with Crippen molar-refractivity contribution >= 4 is 11.9 Å². The van der Waals surface area contributed by atoms with Crippen LogP contribution in [-0.2, 0) is 9.59 Å². The smallest absolute Gasteiger partial charge is 0.303 e. The van der Waals surface area contributed by atoms with Gasteiger partial charge in [-0.25, -0.2) is 0 Å². The number of rotatable bonds is 7. The van der Waals surface area contributed by atoms with Gasteiger partial charge in [-0.05, 0) is 31.7 Å². The van der Waals surface area contributed by atoms with Crippen LogP contribution >= 0.6 is 0 Å². The van der Waals surface area contributed by atoms with Crippen molar-refractivity contribution in [3.05, 3.63) is 12.7 Å². The van der Waals surface area contributed by atoms with Crippen LogP contribution < -0.4 is 5.32 Å². The first-order valence-corrected chi connectivity index (χ1v) is 6.43. The van der Waals surface area contributed by atoms with Gasteiger partial charge in [-0.3, -0.25) is 14.5 Å². The zero-order valence-corrected chi connectivity index (χ0v) is 10.7. The fourth-order valence-electron chi connectivity index (χ4n) is 2.30. The Hall–Kier alpha value is -1.36. The topological polar surface area (TPSA) is 69.6 Å². The number of nitrogens with one attached hydrogen (secondary N) is 1. The van der Waals surface area contributed by atoms with Crippen molar-refractivity contribution in [2.24, 2.45) is 5.92 Å². The molecule has 1 unspecified atom stereocenters. The van der Waals surface area contributed by atoms with Crippen molar-refractivity contribution in [3.8, 4) is 0 Å². The lowest BCUT2D eigenvalue weighted by Crippen LogP contribution is -2.42. The van der Waals surface area contributed by atoms with E-state index in [0.717, 1.165) is 25.9 Å². The molecule has 1 aliphatic heterocycles. The second-order valence-corrected chi connectivity index (χ2v) is 4.77. The van der Waals surface area contributed by atoms with E-state index in [0.29, 0.717) is 25.4 Å². The van der Waals surface area contributed by atoms with E-state index in [1.54, 1.807) is 6.08 Å². The van der Waals surface area contributed by atoms with Gasteiger partial charge in [-0.1, -0.05) is 6.08 Å². The molecule has 0 aliphatic carbocycles. The van der Waals surface area contributed by atoms with Crippen LogP contribution in [0.25, 0.3) is 0 Å². The second-order valence-electron chi connectivity index (χ2n) is 4.77. The van der Waals surface area contributed by atoms with Crippen molar-refractivity contribution in [3.63, 3.8) is 0 Å². The zero-order chi connectivity index (χ0) is 13.4. The van der Waals surface area contributed by atoms with Gasteiger partial charge in [0.2, 0.25) is 5.91 Å². The summed E-state index contributed by atoms with van der Waals surface area (Å²) in [5, 5.41) is 11.4. The van der Waals surface area contributed by atoms with Gasteiger partial charge in [-0.15, -0.1) is 6.58 Å². The number of carboxylic acids is 1. The molecule has 0 aromatic heterocycles. The highest BCUT2D eigenvalue weighted by Gasteiger charge is 2.21. The van der Waals surface area contributed by atoms with E-state index >= 15 is 0 Å². The van der Waals surface area contributed by atoms with Gasteiger partial charge in [0.05, 0.1) is 6.54 Å². The van der Waals surface area contributed by atoms with Crippen molar-refractivity contribution < 1.29 is 14.7 Å². The predicted molar refractivity (Wildman–Crippen MR) is 69.2 cm³/mol. The number of hydrogen-bond donors (Lipinski definition) is 2. The highest BCUT2D eigenvalue weighted by molar-refractivity contribution is 5.78. The maximum absolute atomic E-state index is 11.5. The molecule has 1 heterocycles. The summed E-state index contributed by atoms with van der Waals surface area (Å²) in [6, 6.07) is 0. The lowest BCUT2D eigenvalue weighted by atomic mass is 9.93. The van der Waals surface area contributed by atoms with Crippen LogP contribution in [0, 0.1) is 5.92 Å². The van der Waals surface area contributed by atoms with Crippen LogP contribution in [0.3, 0.4) is 0 Å². The molecule has 0 bridgehead atoms. The Kier molecular flexibility index (Phi) is 6.43. The van der Waals surface area contributed by atoms with Gasteiger partial charge in [-0.2, -0.15) is 0 Å². The SMILES string of the molecule is C=CCNC(=O)CN1CCCC(CCC(=O)O)C1. The van der Waals surface area contributed by atoms with Crippen LogP contribution in [0.5, 0.6) is 0 Å². The van der Waals surface area contributed by atoms with Gasteiger partial charge < -0.3 is 10.4 Å². The molecule has 1 rings (SSSR count). The molecule has 18 heavy (non-hydrogen) atoms. The molecule has 1 amide bonds. The molecule has 5 heteroatoms. The van der Waals surface area contributed by atoms with E-state index in [9.17, 15) is 9.59 Å². The Morgan fingerprint density at radius 1 is 1.50 bits per heavy atom. The van der Waals surface area contributed by atoms with Crippen LogP contribution in [-0.4, -0.2) is 48.1 Å². The van der Waals surface area contributed by atoms with Gasteiger partial charge in [0.15, 0.2) is 0 Å². The molecule has 0 saturated carbocycles. The first-order chi connectivity index (χ1) is 8.61. The van der Waals surface area contributed by atoms with Gasteiger partial charge >= 0.3 is 5.97 Å². The monoisotopic (exact) mass is 254 g/mol. The number of amides is 1. The molecule has 5 nitrogen and oxygen atoms in total. The van der Waals surface area contributed by atoms with Crippen LogP contribution in [0.1, 0.15) is 25.7 Å². The number of carbonyl (C=O) groups excluding carboxylic acids is 1. The minimum atomic E-state index is -0.740. The summed E-state index contributed by atoms with van der Waals surface area (Å²) in [6.07, 6.45) is 4.70. The average molecular weight is 254 g/mol. The Labute approximate surface area is 108 Å². The molecular weight excluding hydrogens is 232 g/mol. The molecule has 1 aliphatic rings. The Balaban J connectivity index is 2.27. The second kappa shape index (κ2) is 7.87. The number of nitrogens with zero attached hydrogens (tertiary/aromatic N) is 1. The fourth-order valence-corrected chi connectivity index (χ4v) is 2.30. The molecule has 0 aromatic carbocycles.